The van der Waals surface area contributed by atoms with Crippen LogP contribution in [-0.4, -0.2) is 45.6 Å². The molecule has 33 heavy (non-hydrogen) atoms. The monoisotopic (exact) mass is 470 g/mol. The first kappa shape index (κ1) is 26.1. The molecule has 0 aromatic heterocycles. The fourth-order valence-corrected chi connectivity index (χ4v) is 9.65. The smallest absolute Gasteiger partial charge is 0.261 e. The summed E-state index contributed by atoms with van der Waals surface area (Å²) in [5, 5.41) is 12.3. The standard InChI is InChI=1S/C28H42O4Si/c1-27(2,3)33(23-14-8-6-9-15-23,24-16-10-7-11-17-24)31-22-28(4,5)25(19-20-29)32-26-18-12-13-21-30-26/h6-11,14-17,25-26,29H,12-13,18-22H2,1-5H3/t25-,26?/m0/s1. The summed E-state index contributed by atoms with van der Waals surface area (Å²) in [5.74, 6) is 0. The van der Waals surface area contributed by atoms with Crippen molar-refractivity contribution in [2.75, 3.05) is 19.8 Å². The maximum Gasteiger partial charge on any atom is 0.261 e. The predicted molar refractivity (Wildman–Crippen MR) is 138 cm³/mol. The molecule has 1 saturated heterocycles. The zero-order chi connectivity index (χ0) is 24.0. The van der Waals surface area contributed by atoms with Crippen molar-refractivity contribution in [3.63, 3.8) is 0 Å². The molecule has 0 aliphatic carbocycles. The topological polar surface area (TPSA) is 47.9 Å². The Hall–Kier alpha value is -1.50. The second-order valence-corrected chi connectivity index (χ2v) is 15.2. The maximum absolute atomic E-state index is 9.79. The fourth-order valence-electron chi connectivity index (χ4n) is 4.91. The van der Waals surface area contributed by atoms with E-state index in [9.17, 15) is 5.11 Å². The molecule has 1 N–H and O–H groups in total. The highest BCUT2D eigenvalue weighted by Crippen LogP contribution is 2.39. The van der Waals surface area contributed by atoms with Gasteiger partial charge in [-0.25, -0.2) is 0 Å². The van der Waals surface area contributed by atoms with Crippen LogP contribution in [0.25, 0.3) is 0 Å². The fraction of sp³-hybridized carbons (Fsp3) is 0.571. The van der Waals surface area contributed by atoms with Crippen LogP contribution in [0.15, 0.2) is 60.7 Å². The van der Waals surface area contributed by atoms with Gasteiger partial charge >= 0.3 is 0 Å². The quantitative estimate of drug-likeness (QED) is 0.503. The van der Waals surface area contributed by atoms with E-state index in [-0.39, 0.29) is 29.5 Å². The minimum atomic E-state index is -2.63. The van der Waals surface area contributed by atoms with Crippen LogP contribution < -0.4 is 10.4 Å². The van der Waals surface area contributed by atoms with Gasteiger partial charge in [0.1, 0.15) is 0 Å². The molecule has 0 amide bonds. The van der Waals surface area contributed by atoms with Gasteiger partial charge in [-0.15, -0.1) is 0 Å². The zero-order valence-corrected chi connectivity index (χ0v) is 22.0. The number of aliphatic hydroxyl groups is 1. The molecule has 1 unspecified atom stereocenters. The van der Waals surface area contributed by atoms with Gasteiger partial charge in [0, 0.05) is 25.2 Å². The van der Waals surface area contributed by atoms with Crippen LogP contribution >= 0.6 is 0 Å². The average Bonchev–Trinajstić information content (AvgIpc) is 2.80. The minimum absolute atomic E-state index is 0.0778. The second kappa shape index (κ2) is 11.3. The van der Waals surface area contributed by atoms with E-state index in [1.54, 1.807) is 0 Å². The Morgan fingerprint density at radius 2 is 1.52 bits per heavy atom. The van der Waals surface area contributed by atoms with Crippen molar-refractivity contribution in [2.24, 2.45) is 5.41 Å². The van der Waals surface area contributed by atoms with Crippen molar-refractivity contribution in [3.05, 3.63) is 60.7 Å². The highest BCUT2D eigenvalue weighted by Gasteiger charge is 2.51. The maximum atomic E-state index is 9.79. The van der Waals surface area contributed by atoms with Crippen LogP contribution in [0, 0.1) is 5.41 Å². The van der Waals surface area contributed by atoms with Gasteiger partial charge in [0.15, 0.2) is 6.29 Å². The van der Waals surface area contributed by atoms with Gasteiger partial charge in [-0.1, -0.05) is 95.3 Å². The van der Waals surface area contributed by atoms with Crippen molar-refractivity contribution in [1.82, 2.24) is 0 Å². The van der Waals surface area contributed by atoms with Crippen molar-refractivity contribution in [1.29, 1.82) is 0 Å². The molecule has 2 aromatic carbocycles. The van der Waals surface area contributed by atoms with E-state index in [4.69, 9.17) is 13.9 Å². The van der Waals surface area contributed by atoms with Crippen molar-refractivity contribution >= 4 is 18.7 Å². The average molecular weight is 471 g/mol. The zero-order valence-electron chi connectivity index (χ0n) is 21.0. The molecule has 0 radical (unpaired) electrons. The molecule has 3 rings (SSSR count). The highest BCUT2D eigenvalue weighted by atomic mass is 28.4. The summed E-state index contributed by atoms with van der Waals surface area (Å²) < 4.78 is 19.4. The van der Waals surface area contributed by atoms with Crippen LogP contribution in [0.5, 0.6) is 0 Å². The van der Waals surface area contributed by atoms with E-state index in [1.807, 2.05) is 0 Å². The Morgan fingerprint density at radius 1 is 0.939 bits per heavy atom. The minimum Gasteiger partial charge on any atom is -0.407 e. The number of rotatable bonds is 10. The van der Waals surface area contributed by atoms with Gasteiger partial charge in [0.05, 0.1) is 6.10 Å². The summed E-state index contributed by atoms with van der Waals surface area (Å²) in [6, 6.07) is 21.4. The number of aliphatic hydroxyl groups excluding tert-OH is 1. The van der Waals surface area contributed by atoms with E-state index in [2.05, 4.69) is 95.3 Å². The van der Waals surface area contributed by atoms with Crippen molar-refractivity contribution < 1.29 is 19.0 Å². The molecular formula is C28H42O4Si. The number of ether oxygens (including phenoxy) is 2. The lowest BCUT2D eigenvalue weighted by Gasteiger charge is -2.46. The first-order valence-corrected chi connectivity index (χ1v) is 14.2. The lowest BCUT2D eigenvalue weighted by atomic mass is 9.85. The molecule has 0 saturated carbocycles. The molecule has 2 atom stereocenters. The van der Waals surface area contributed by atoms with Crippen LogP contribution in [0.4, 0.5) is 0 Å². The van der Waals surface area contributed by atoms with E-state index < -0.39 is 8.32 Å². The molecule has 0 spiro atoms. The summed E-state index contributed by atoms with van der Waals surface area (Å²) in [6.07, 6.45) is 3.34. The third-order valence-corrected chi connectivity index (χ3v) is 11.8. The highest BCUT2D eigenvalue weighted by molar-refractivity contribution is 6.99. The van der Waals surface area contributed by atoms with Crippen LogP contribution in [-0.2, 0) is 13.9 Å². The molecule has 2 aromatic rings. The Bertz CT molecular complexity index is 786. The number of benzene rings is 2. The second-order valence-electron chi connectivity index (χ2n) is 10.9. The molecule has 1 heterocycles. The normalized spacial score (nSPS) is 18.8. The van der Waals surface area contributed by atoms with Gasteiger partial charge in [-0.3, -0.25) is 0 Å². The van der Waals surface area contributed by atoms with Crippen molar-refractivity contribution in [3.8, 4) is 0 Å². The van der Waals surface area contributed by atoms with Crippen LogP contribution in [0.1, 0.15) is 60.3 Å². The van der Waals surface area contributed by atoms with Crippen LogP contribution in [0.3, 0.4) is 0 Å². The van der Waals surface area contributed by atoms with Gasteiger partial charge in [-0.2, -0.15) is 0 Å². The van der Waals surface area contributed by atoms with Crippen molar-refractivity contribution in [2.45, 2.75) is 77.7 Å². The van der Waals surface area contributed by atoms with Gasteiger partial charge in [0.2, 0.25) is 0 Å². The van der Waals surface area contributed by atoms with Crippen LogP contribution in [0.2, 0.25) is 5.04 Å². The molecule has 4 nitrogen and oxygen atoms in total. The lowest BCUT2D eigenvalue weighted by molar-refractivity contribution is -0.214. The Morgan fingerprint density at radius 3 is 1.97 bits per heavy atom. The van der Waals surface area contributed by atoms with E-state index in [1.165, 1.54) is 10.4 Å². The summed E-state index contributed by atoms with van der Waals surface area (Å²) in [4.78, 5) is 0. The molecule has 1 aliphatic rings. The third kappa shape index (κ3) is 6.14. The van der Waals surface area contributed by atoms with Gasteiger partial charge in [-0.05, 0) is 41.1 Å². The summed E-state index contributed by atoms with van der Waals surface area (Å²) in [5.41, 5.74) is -0.295. The number of hydrogen-bond donors (Lipinski definition) is 1. The third-order valence-electron chi connectivity index (χ3n) is 6.79. The molecule has 0 bridgehead atoms. The Labute approximate surface area is 201 Å². The number of hydrogen-bond acceptors (Lipinski definition) is 4. The Kier molecular flexibility index (Phi) is 8.93. The van der Waals surface area contributed by atoms with E-state index in [0.717, 1.165) is 25.9 Å². The molecule has 1 fully saturated rings. The summed E-state index contributed by atoms with van der Waals surface area (Å²) >= 11 is 0. The summed E-state index contributed by atoms with van der Waals surface area (Å²) in [7, 11) is -2.63. The molecule has 182 valence electrons. The summed E-state index contributed by atoms with van der Waals surface area (Å²) in [6.45, 7) is 12.6. The van der Waals surface area contributed by atoms with E-state index >= 15 is 0 Å². The van der Waals surface area contributed by atoms with Gasteiger partial charge < -0.3 is 19.0 Å². The lowest BCUT2D eigenvalue weighted by Crippen LogP contribution is -2.67. The first-order chi connectivity index (χ1) is 15.7. The predicted octanol–water partition coefficient (Wildman–Crippen LogP) is 4.88. The Balaban J connectivity index is 1.93. The molecular weight excluding hydrogens is 428 g/mol. The van der Waals surface area contributed by atoms with E-state index in [0.29, 0.717) is 13.0 Å². The SMILES string of the molecule is CC(C)(CO[Si](c1ccccc1)(c1ccccc1)C(C)(C)C)[C@H](CCO)OC1CCCCO1. The first-order valence-electron chi connectivity index (χ1n) is 12.3. The molecule has 1 aliphatic heterocycles. The largest absolute Gasteiger partial charge is 0.407 e. The molecule has 5 heteroatoms. The van der Waals surface area contributed by atoms with Gasteiger partial charge in [0.25, 0.3) is 8.32 Å².